The van der Waals surface area contributed by atoms with E-state index in [1.807, 2.05) is 58.2 Å². The highest BCUT2D eigenvalue weighted by Crippen LogP contribution is 2.34. The molecule has 0 aromatic heterocycles. The van der Waals surface area contributed by atoms with Crippen LogP contribution in [-0.2, 0) is 233 Å². The SMILES string of the molecule is CCC(C)(C)C(=O)OCCOC(=O)C(C)(COC(=O)C(C)(COC(=O)C(C)(COC(=O)CS(=O)[O-])COC(=O)CS(=O)(=O)[O-])COC(=O)C(C)(COC(=O)CS(=O)(=O)[O-])COC(=O)CS(=O)(=O)[O-])COC(=O)C(C)(COC(=O)C(C)(COC(=O)CS(C)(=O)=O)COC(=O)CS(=O)(=O)C[NH+](C)[O-])COC(=O)C(C)(COC(=O)CS(C)(=O)=O)COC(=O)CS(=O)(=O)C[NH+](C)[O-].C[NH+](C)[O-].C[NH+](C)[O-].C[NH2+]C.C[NH2+]C.C[NH2+]C. The molecule has 10 N–H and O–H groups in total. The monoisotopic (exact) mass is 2270 g/mol. The van der Waals surface area contributed by atoms with Crippen LogP contribution in [0.15, 0.2) is 0 Å². The van der Waals surface area contributed by atoms with Gasteiger partial charge in [-0.3, -0.25) is 80.9 Å². The Morgan fingerprint density at radius 1 is 0.276 bits per heavy atom. The van der Waals surface area contributed by atoms with Crippen molar-refractivity contribution in [3.8, 4) is 0 Å². The fraction of sp³-hybridized carbons (Fsp3) is 0.787. The summed E-state index contributed by atoms with van der Waals surface area (Å²) in [7, 11) is -14.5. The quantitative estimate of drug-likeness (QED) is 0.00742. The molecule has 8 atom stereocenters. The molecule has 0 aliphatic heterocycles. The Kier molecular flexibility index (Phi) is 67.6. The summed E-state index contributed by atoms with van der Waals surface area (Å²) in [5.74, 6) is -43.7. The van der Waals surface area contributed by atoms with E-state index >= 15 is 9.59 Å². The van der Waals surface area contributed by atoms with Crippen LogP contribution in [0.1, 0.15) is 75.7 Å². The van der Waals surface area contributed by atoms with Gasteiger partial charge in [0.05, 0.1) is 90.0 Å². The number of rotatable bonds is 60. The van der Waals surface area contributed by atoms with E-state index in [2.05, 4.69) is 0 Å². The van der Waals surface area contributed by atoms with Gasteiger partial charge in [0.1, 0.15) is 208 Å². The summed E-state index contributed by atoms with van der Waals surface area (Å²) >= 11 is -3.22. The molecule has 0 spiro atoms. The van der Waals surface area contributed by atoms with Gasteiger partial charge < -0.3 is 151 Å². The molecule has 0 rings (SSSR count). The van der Waals surface area contributed by atoms with Crippen molar-refractivity contribution >= 4 is 176 Å². The first-order valence-corrected chi connectivity index (χ1v) is 55.6. The number of hydroxylamine groups is 8. The molecule has 0 aromatic rings. The number of carbonyl (C=O) groups excluding carboxylic acids is 16. The van der Waals surface area contributed by atoms with E-state index in [4.69, 9.17) is 75.8 Å². The summed E-state index contributed by atoms with van der Waals surface area (Å²) in [4.78, 5) is 217. The van der Waals surface area contributed by atoms with E-state index in [1.165, 1.54) is 42.0 Å². The van der Waals surface area contributed by atoms with Crippen molar-refractivity contribution < 1.29 is 270 Å². The van der Waals surface area contributed by atoms with Crippen LogP contribution in [0.2, 0.25) is 0 Å². The van der Waals surface area contributed by atoms with Crippen LogP contribution < -0.4 is 36.2 Å². The lowest BCUT2D eigenvalue weighted by molar-refractivity contribution is -0.811. The molecular weight excluding hydrogens is 2140 g/mol. The fourth-order valence-corrected chi connectivity index (χ4v) is 13.3. The fourth-order valence-electron chi connectivity index (χ4n) is 8.58. The summed E-state index contributed by atoms with van der Waals surface area (Å²) in [6.07, 6.45) is 1.24. The van der Waals surface area contributed by atoms with Crippen molar-refractivity contribution in [2.75, 3.05) is 261 Å². The maximum atomic E-state index is 15.2. The van der Waals surface area contributed by atoms with Crippen LogP contribution in [-0.4, -0.2) is 437 Å². The van der Waals surface area contributed by atoms with Gasteiger partial charge in [0, 0.05) is 12.5 Å². The molecule has 0 fully saturated rings. The van der Waals surface area contributed by atoms with Crippen LogP contribution >= 0.6 is 0 Å². The van der Waals surface area contributed by atoms with Crippen LogP contribution in [0.25, 0.3) is 0 Å². The van der Waals surface area contributed by atoms with Gasteiger partial charge in [0.15, 0.2) is 42.9 Å². The highest BCUT2D eigenvalue weighted by Gasteiger charge is 2.51. The third-order valence-corrected chi connectivity index (χ3v) is 23.2. The largest absolute Gasteiger partial charge is 0.772 e. The van der Waals surface area contributed by atoms with E-state index < -0.39 is 393 Å². The second kappa shape index (κ2) is 66.9. The lowest BCUT2D eigenvalue weighted by Gasteiger charge is -2.34. The van der Waals surface area contributed by atoms with Gasteiger partial charge >= 0.3 is 95.5 Å². The van der Waals surface area contributed by atoms with Gasteiger partial charge in [-0.25, -0.2) is 58.9 Å². The third kappa shape index (κ3) is 71.9. The number of esters is 16. The van der Waals surface area contributed by atoms with E-state index in [1.54, 1.807) is 6.92 Å². The van der Waals surface area contributed by atoms with E-state index in [0.717, 1.165) is 27.9 Å². The van der Waals surface area contributed by atoms with Gasteiger partial charge in [-0.15, -0.1) is 0 Å². The predicted molar refractivity (Wildman–Crippen MR) is 485 cm³/mol. The molecular formula is C75H136N7O55S8-. The zero-order valence-electron chi connectivity index (χ0n) is 84.5. The second-order valence-electron chi connectivity index (χ2n) is 34.9. The molecule has 850 valence electrons. The molecule has 0 saturated carbocycles. The van der Waals surface area contributed by atoms with Crippen LogP contribution in [0.5, 0.6) is 0 Å². The Morgan fingerprint density at radius 3 is 0.586 bits per heavy atom. The Hall–Kier alpha value is -9.28. The minimum Gasteiger partial charge on any atom is -0.772 e. The van der Waals surface area contributed by atoms with Crippen LogP contribution in [0.4, 0.5) is 0 Å². The molecule has 0 amide bonds. The highest BCUT2D eigenvalue weighted by molar-refractivity contribution is 7.92. The molecule has 0 aliphatic carbocycles. The molecule has 145 heavy (non-hydrogen) atoms. The molecule has 0 bridgehead atoms. The third-order valence-electron chi connectivity index (χ3n) is 16.4. The normalized spacial score (nSPS) is 14.9. The molecule has 0 radical (unpaired) electrons. The molecule has 8 unspecified atom stereocenters. The maximum Gasteiger partial charge on any atom is 0.321 e. The molecule has 0 aliphatic rings. The van der Waals surface area contributed by atoms with Gasteiger partial charge in [0.25, 0.3) is 0 Å². The smallest absolute Gasteiger partial charge is 0.321 e. The zero-order chi connectivity index (χ0) is 115. The van der Waals surface area contributed by atoms with Gasteiger partial charge in [-0.05, 0) is 79.8 Å². The minimum atomic E-state index is -5.50. The molecule has 0 aromatic carbocycles. The minimum absolute atomic E-state index is 0.149. The van der Waals surface area contributed by atoms with Crippen molar-refractivity contribution in [1.29, 1.82) is 0 Å². The van der Waals surface area contributed by atoms with Gasteiger partial charge in [0.2, 0.25) is 19.7 Å². The van der Waals surface area contributed by atoms with Crippen molar-refractivity contribution in [2.24, 2.45) is 43.3 Å². The summed E-state index contributed by atoms with van der Waals surface area (Å²) in [6.45, 7) is -14.2. The average molecular weight is 2270 g/mol. The van der Waals surface area contributed by atoms with Gasteiger partial charge in [-0.1, -0.05) is 6.92 Å². The van der Waals surface area contributed by atoms with Crippen molar-refractivity contribution in [3.63, 3.8) is 0 Å². The molecule has 62 nitrogen and oxygen atoms in total. The Bertz CT molecular complexity index is 4940. The van der Waals surface area contributed by atoms with Crippen LogP contribution in [0.3, 0.4) is 0 Å². The average Bonchev–Trinajstić information content (AvgIpc) is 0.808. The molecule has 70 heteroatoms. The first-order chi connectivity index (χ1) is 65.4. The number of hydrogen-bond acceptors (Lipinski definition) is 55. The number of hydrogen-bond donors (Lipinski definition) is 7. The number of carbonyl (C=O) groups is 16. The van der Waals surface area contributed by atoms with Gasteiger partial charge in [-0.2, -0.15) is 0 Å². The number of nitrogens with one attached hydrogen (secondary N) is 4. The summed E-state index contributed by atoms with van der Waals surface area (Å²) in [6, 6.07) is 0. The standard InChI is InChI=1S/C65H102N2O53S8.2C2H7NO.3C2H7N/c1-15-58(2,3)50(76)105-16-17-106-51(77)63(8,34-115-56(82)64(9,36-117-52(78)59(4,26-107-42(68)18-121(86)87)31-112-47(73)23-126(96,97)98)39-120-55(81)62(7,32-113-48(74)24-127(99,100)101)33-114-49(75)25-128(102,103)104)35-116-57(83)65(10,37-118-53(79)60(5,27-108-43(69)19-122(13,88)89)29-110-45(71)21-124(92,93)40-66(11)84)38-119-54(80)61(6,28-109-44(70)20-123(14,90)91)30-111-46(72)22-125(94,95)41-67(12)85;2*1-3(2)4;3*1-3-2/h66-67H,15-41H2,1-14H3,(H,86,87)(H,96,97,98)(H,99,100,101)(H,102,103,104);2*3H,1-2H3;3*3H,1-2H3/p-1. The Labute approximate surface area is 842 Å². The maximum absolute atomic E-state index is 15.2. The number of sulfone groups is 4. The lowest BCUT2D eigenvalue weighted by Crippen LogP contribution is -3.04. The first kappa shape index (κ1) is 146. The zero-order valence-corrected chi connectivity index (χ0v) is 91.1. The van der Waals surface area contributed by atoms with Crippen molar-refractivity contribution in [3.05, 3.63) is 20.8 Å². The first-order valence-electron chi connectivity index (χ1n) is 41.8. The number of ether oxygens (including phenoxy) is 16. The van der Waals surface area contributed by atoms with Crippen LogP contribution in [0, 0.1) is 64.1 Å². The predicted octanol–water partition coefficient (Wildman–Crippen LogP) is -16.8. The summed E-state index contributed by atoms with van der Waals surface area (Å²) in [5.41, 5.74) is -21.1. The summed E-state index contributed by atoms with van der Waals surface area (Å²) < 4.78 is 306. The second-order valence-corrected chi connectivity index (χ2v) is 48.4. The number of quaternary nitrogens is 7. The van der Waals surface area contributed by atoms with E-state index in [9.17, 15) is 169 Å². The topological polar surface area (TPSA) is 929 Å². The van der Waals surface area contributed by atoms with E-state index in [-0.39, 0.29) is 16.5 Å². The summed E-state index contributed by atoms with van der Waals surface area (Å²) in [5, 5.41) is 46.6. The van der Waals surface area contributed by atoms with E-state index in [0.29, 0.717) is 47.1 Å². The Balaban J connectivity index is -0.00000263. The van der Waals surface area contributed by atoms with Crippen molar-refractivity contribution in [1.82, 2.24) is 0 Å². The number of nitrogens with two attached hydrogens (primary N) is 3. The Morgan fingerprint density at radius 2 is 0.428 bits per heavy atom. The lowest BCUT2D eigenvalue weighted by atomic mass is 9.89. The highest BCUT2D eigenvalue weighted by atomic mass is 32.2. The molecule has 0 saturated heterocycles. The molecule has 0 heterocycles. The van der Waals surface area contributed by atoms with Crippen molar-refractivity contribution in [2.45, 2.75) is 75.7 Å².